The van der Waals surface area contributed by atoms with E-state index in [0.29, 0.717) is 31.2 Å². The third kappa shape index (κ3) is 5.44. The molecular weight excluding hydrogens is 364 g/mol. The van der Waals surface area contributed by atoms with Gasteiger partial charge in [-0.25, -0.2) is 0 Å². The molecule has 3 rings (SSSR count). The van der Waals surface area contributed by atoms with E-state index in [1.54, 1.807) is 0 Å². The second-order valence-corrected chi connectivity index (χ2v) is 9.34. The summed E-state index contributed by atoms with van der Waals surface area (Å²) in [7, 11) is 0. The van der Waals surface area contributed by atoms with E-state index >= 15 is 0 Å². The van der Waals surface area contributed by atoms with Gasteiger partial charge in [-0.15, -0.1) is 0 Å². The lowest BCUT2D eigenvalue weighted by Gasteiger charge is -2.54. The molecule has 7 nitrogen and oxygen atoms in total. The topological polar surface area (TPSA) is 66.7 Å². The number of aromatic nitrogens is 3. The minimum absolute atomic E-state index is 0.117. The number of rotatable bonds is 7. The lowest BCUT2D eigenvalue weighted by Crippen LogP contribution is -2.62. The van der Waals surface area contributed by atoms with Crippen LogP contribution in [0.3, 0.4) is 0 Å². The number of hydrogen-bond donors (Lipinski definition) is 0. The molecule has 0 atom stereocenters. The van der Waals surface area contributed by atoms with Gasteiger partial charge in [0.15, 0.2) is 0 Å². The van der Waals surface area contributed by atoms with Crippen molar-refractivity contribution in [1.82, 2.24) is 15.0 Å². The quantitative estimate of drug-likeness (QED) is 0.515. The van der Waals surface area contributed by atoms with Gasteiger partial charge in [0.1, 0.15) is 0 Å². The van der Waals surface area contributed by atoms with Crippen LogP contribution in [0.1, 0.15) is 66.2 Å². The molecule has 0 unspecified atom stereocenters. The van der Waals surface area contributed by atoms with Crippen molar-refractivity contribution in [2.75, 3.05) is 36.1 Å². The number of anilines is 2. The molecule has 0 aromatic carbocycles. The molecule has 160 valence electrons. The monoisotopic (exact) mass is 400 g/mol. The van der Waals surface area contributed by atoms with Crippen LogP contribution < -0.4 is 9.80 Å². The maximum absolute atomic E-state index is 5.45. The fourth-order valence-electron chi connectivity index (χ4n) is 4.77. The number of aliphatic imine (C=N–C) groups is 1. The number of unbranched alkanes of at least 4 members (excludes halogenated alkanes) is 3. The maximum Gasteiger partial charge on any atom is 0.231 e. The normalized spacial score (nSPS) is 22.4. The summed E-state index contributed by atoms with van der Waals surface area (Å²) >= 11 is 0. The van der Waals surface area contributed by atoms with Crippen LogP contribution in [0.4, 0.5) is 11.9 Å². The van der Waals surface area contributed by atoms with Gasteiger partial charge in [0.05, 0.1) is 19.3 Å². The van der Waals surface area contributed by atoms with Crippen molar-refractivity contribution in [2.45, 2.75) is 83.3 Å². The van der Waals surface area contributed by atoms with Crippen molar-refractivity contribution in [3.8, 4) is 0 Å². The molecule has 7 heteroatoms. The van der Waals surface area contributed by atoms with E-state index in [1.807, 2.05) is 0 Å². The Morgan fingerprint density at radius 1 is 1.10 bits per heavy atom. The van der Waals surface area contributed by atoms with Gasteiger partial charge >= 0.3 is 0 Å². The first-order valence-corrected chi connectivity index (χ1v) is 10.9. The maximum atomic E-state index is 5.45. The summed E-state index contributed by atoms with van der Waals surface area (Å²) in [5.74, 6) is 1.39. The summed E-state index contributed by atoms with van der Waals surface area (Å²) in [6.45, 7) is 16.0. The number of ether oxygens (including phenoxy) is 1. The Kier molecular flexibility index (Phi) is 7.09. The van der Waals surface area contributed by atoms with Crippen LogP contribution in [-0.4, -0.2) is 64.6 Å². The highest BCUT2D eigenvalue weighted by molar-refractivity contribution is 5.57. The molecular formula is C22H36N6O. The first-order valence-electron chi connectivity index (χ1n) is 10.9. The van der Waals surface area contributed by atoms with Crippen LogP contribution >= 0.6 is 0 Å². The number of piperidine rings is 1. The van der Waals surface area contributed by atoms with Gasteiger partial charge in [-0.1, -0.05) is 19.8 Å². The molecule has 0 spiro atoms. The molecule has 2 aliphatic heterocycles. The van der Waals surface area contributed by atoms with E-state index in [1.165, 1.54) is 12.8 Å². The second-order valence-electron chi connectivity index (χ2n) is 9.34. The zero-order valence-corrected chi connectivity index (χ0v) is 18.5. The van der Waals surface area contributed by atoms with E-state index < -0.39 is 0 Å². The molecule has 0 N–H and O–H groups in total. The average Bonchev–Trinajstić information content (AvgIpc) is 2.67. The average molecular weight is 401 g/mol. The standard InChI is InChI=1S/C22H36N6O/c1-6-7-8-9-10-23-18-15-21(2,3)28(22(4,5)16-18)20-25-17-24-19(26-20)27-11-13-29-14-12-27/h10,18H,1,6-9,11-16H2,2-5H3. The van der Waals surface area contributed by atoms with E-state index in [4.69, 9.17) is 14.7 Å². The Hall–Kier alpha value is -1.76. The van der Waals surface area contributed by atoms with Gasteiger partial charge < -0.3 is 14.5 Å². The van der Waals surface area contributed by atoms with Gasteiger partial charge in [0, 0.05) is 24.2 Å². The number of hydrogen-bond acceptors (Lipinski definition) is 7. The third-order valence-corrected chi connectivity index (χ3v) is 5.82. The summed E-state index contributed by atoms with van der Waals surface area (Å²) in [5, 5.41) is 0. The van der Waals surface area contributed by atoms with E-state index in [-0.39, 0.29) is 11.1 Å². The van der Waals surface area contributed by atoms with Gasteiger partial charge in [-0.05, 0) is 59.6 Å². The minimum atomic E-state index is -0.117. The molecule has 0 saturated carbocycles. The SMILES string of the molecule is [CH2]CCCCC=NC1CC(C)(C)N(c2n[c]nc(N3CCOCC3)n2)C(C)(C)C1. The fourth-order valence-corrected chi connectivity index (χ4v) is 4.77. The molecule has 1 aromatic heterocycles. The van der Waals surface area contributed by atoms with Crippen LogP contribution in [0.15, 0.2) is 4.99 Å². The highest BCUT2D eigenvalue weighted by Gasteiger charge is 2.46. The van der Waals surface area contributed by atoms with Crippen molar-refractivity contribution in [3.63, 3.8) is 0 Å². The Morgan fingerprint density at radius 3 is 2.41 bits per heavy atom. The number of morpholine rings is 1. The van der Waals surface area contributed by atoms with Crippen LogP contribution in [0.5, 0.6) is 0 Å². The Labute approximate surface area is 176 Å². The Balaban J connectivity index is 1.76. The number of nitrogens with zero attached hydrogens (tertiary/aromatic N) is 6. The van der Waals surface area contributed by atoms with E-state index in [2.05, 4.69) is 66.9 Å². The zero-order chi connectivity index (χ0) is 20.9. The van der Waals surface area contributed by atoms with Gasteiger partial charge in [0.2, 0.25) is 18.2 Å². The van der Waals surface area contributed by atoms with Crippen LogP contribution in [0.25, 0.3) is 0 Å². The van der Waals surface area contributed by atoms with Crippen molar-refractivity contribution < 1.29 is 4.74 Å². The van der Waals surface area contributed by atoms with Crippen molar-refractivity contribution in [1.29, 1.82) is 0 Å². The van der Waals surface area contributed by atoms with Crippen molar-refractivity contribution >= 4 is 18.1 Å². The summed E-state index contributed by atoms with van der Waals surface area (Å²) in [4.78, 5) is 23.0. The zero-order valence-electron chi connectivity index (χ0n) is 18.5. The van der Waals surface area contributed by atoms with Crippen LogP contribution in [0, 0.1) is 13.3 Å². The smallest absolute Gasteiger partial charge is 0.231 e. The lowest BCUT2D eigenvalue weighted by molar-refractivity contribution is 0.122. The Morgan fingerprint density at radius 2 is 1.76 bits per heavy atom. The van der Waals surface area contributed by atoms with Crippen molar-refractivity contribution in [3.05, 3.63) is 13.3 Å². The molecule has 0 aliphatic carbocycles. The fraction of sp³-hybridized carbons (Fsp3) is 0.773. The minimum Gasteiger partial charge on any atom is -0.378 e. The second kappa shape index (κ2) is 9.37. The highest BCUT2D eigenvalue weighted by Crippen LogP contribution is 2.41. The Bertz CT molecular complexity index is 666. The molecule has 0 amide bonds. The lowest BCUT2D eigenvalue weighted by atomic mass is 9.77. The van der Waals surface area contributed by atoms with Crippen LogP contribution in [-0.2, 0) is 4.74 Å². The first kappa shape index (κ1) is 21.9. The largest absolute Gasteiger partial charge is 0.378 e. The summed E-state index contributed by atoms with van der Waals surface area (Å²) in [6.07, 6.45) is 11.3. The summed E-state index contributed by atoms with van der Waals surface area (Å²) < 4.78 is 5.45. The summed E-state index contributed by atoms with van der Waals surface area (Å²) in [6, 6.07) is 0.320. The summed E-state index contributed by atoms with van der Waals surface area (Å²) in [5.41, 5.74) is -0.233. The van der Waals surface area contributed by atoms with Gasteiger partial charge in [-0.2, -0.15) is 15.0 Å². The van der Waals surface area contributed by atoms with E-state index in [9.17, 15) is 0 Å². The van der Waals surface area contributed by atoms with Crippen LogP contribution in [0.2, 0.25) is 0 Å². The molecule has 2 saturated heterocycles. The molecule has 2 aliphatic rings. The molecule has 0 bridgehead atoms. The molecule has 3 heterocycles. The predicted molar refractivity (Wildman–Crippen MR) is 118 cm³/mol. The third-order valence-electron chi connectivity index (χ3n) is 5.82. The predicted octanol–water partition coefficient (Wildman–Crippen LogP) is 3.50. The first-order chi connectivity index (χ1) is 13.8. The molecule has 2 radical (unpaired) electrons. The van der Waals surface area contributed by atoms with Gasteiger partial charge in [-0.3, -0.25) is 4.99 Å². The molecule has 29 heavy (non-hydrogen) atoms. The van der Waals surface area contributed by atoms with Gasteiger partial charge in [0.25, 0.3) is 0 Å². The van der Waals surface area contributed by atoms with E-state index in [0.717, 1.165) is 38.8 Å². The molecule has 2 fully saturated rings. The highest BCUT2D eigenvalue weighted by atomic mass is 16.5. The molecule has 1 aromatic rings. The van der Waals surface area contributed by atoms with Crippen molar-refractivity contribution in [2.24, 2.45) is 4.99 Å².